The number of nitrogen functional groups attached to an aromatic ring is 1. The van der Waals surface area contributed by atoms with E-state index >= 15 is 0 Å². The number of nitrogens with one attached hydrogen (secondary N) is 1. The van der Waals surface area contributed by atoms with Crippen LogP contribution in [0.5, 0.6) is 5.75 Å². The van der Waals surface area contributed by atoms with Crippen molar-refractivity contribution in [2.45, 2.75) is 12.6 Å². The second-order valence-electron chi connectivity index (χ2n) is 6.70. The molecule has 6 nitrogen and oxygen atoms in total. The largest absolute Gasteiger partial charge is 0.496 e. The number of carbonyl (C=O) groups excluding carboxylic acids is 1. The first kappa shape index (κ1) is 20.6. The molecule has 1 aliphatic heterocycles. The molecule has 3 rings (SSSR count). The Morgan fingerprint density at radius 3 is 2.82 bits per heavy atom. The molecule has 0 bridgehead atoms. The number of halogens is 1. The van der Waals surface area contributed by atoms with Gasteiger partial charge in [-0.1, -0.05) is 41.9 Å². The second-order valence-corrected chi connectivity index (χ2v) is 8.73. The number of amides is 1. The maximum atomic E-state index is 12.7. The molecule has 1 heterocycles. The minimum Gasteiger partial charge on any atom is -0.496 e. The van der Waals surface area contributed by atoms with Gasteiger partial charge in [-0.25, -0.2) is 0 Å². The Bertz CT molecular complexity index is 863. The fourth-order valence-electron chi connectivity index (χ4n) is 3.24. The van der Waals surface area contributed by atoms with Gasteiger partial charge in [0.2, 0.25) is 0 Å². The van der Waals surface area contributed by atoms with Crippen molar-refractivity contribution >= 4 is 34.0 Å². The summed E-state index contributed by atoms with van der Waals surface area (Å²) in [6.45, 7) is 1.89. The zero-order valence-corrected chi connectivity index (χ0v) is 17.3. The Labute approximate surface area is 172 Å². The maximum absolute atomic E-state index is 12.7. The first-order valence-corrected chi connectivity index (χ1v) is 10.9. The number of nitrogens with zero attached hydrogens (tertiary/aromatic N) is 1. The lowest BCUT2D eigenvalue weighted by molar-refractivity contribution is 0.0932. The molecule has 0 saturated carbocycles. The van der Waals surface area contributed by atoms with Crippen LogP contribution in [0.4, 0.5) is 5.69 Å². The smallest absolute Gasteiger partial charge is 0.255 e. The summed E-state index contributed by atoms with van der Waals surface area (Å²) in [5.74, 6) is 1.26. The highest BCUT2D eigenvalue weighted by Crippen LogP contribution is 2.28. The molecule has 28 heavy (non-hydrogen) atoms. The number of nitrogens with two attached hydrogens (primary N) is 1. The number of rotatable bonds is 6. The summed E-state index contributed by atoms with van der Waals surface area (Å²) in [5, 5.41) is 3.23. The van der Waals surface area contributed by atoms with Gasteiger partial charge in [0, 0.05) is 54.0 Å². The van der Waals surface area contributed by atoms with E-state index in [1.54, 1.807) is 0 Å². The molecule has 150 valence electrons. The standard InChI is InChI=1S/C20H24ClN3O3S/c1-27-19-10-18(22)17(21)9-16(19)20(25)23-11-15-13-28(26)8-7-24(15)12-14-5-3-2-4-6-14/h2-6,9-10,15H,7-8,11-13,22H2,1H3,(H,23,25). The van der Waals surface area contributed by atoms with E-state index in [0.717, 1.165) is 13.1 Å². The van der Waals surface area contributed by atoms with Crippen LogP contribution in [0.15, 0.2) is 42.5 Å². The van der Waals surface area contributed by atoms with Crippen molar-refractivity contribution in [1.29, 1.82) is 0 Å². The SMILES string of the molecule is COc1cc(N)c(Cl)cc1C(=O)NCC1CS(=O)CCN1Cc1ccccc1. The van der Waals surface area contributed by atoms with Crippen molar-refractivity contribution in [3.63, 3.8) is 0 Å². The number of methoxy groups -OCH3 is 1. The number of benzene rings is 2. The zero-order valence-electron chi connectivity index (χ0n) is 15.7. The number of anilines is 1. The molecular weight excluding hydrogens is 398 g/mol. The Balaban J connectivity index is 1.69. The van der Waals surface area contributed by atoms with Crippen LogP contribution in [-0.4, -0.2) is 52.8 Å². The monoisotopic (exact) mass is 421 g/mol. The van der Waals surface area contributed by atoms with Crippen molar-refractivity contribution in [2.75, 3.05) is 37.4 Å². The highest BCUT2D eigenvalue weighted by Gasteiger charge is 2.27. The third-order valence-corrected chi connectivity index (χ3v) is 6.51. The van der Waals surface area contributed by atoms with E-state index < -0.39 is 10.8 Å². The zero-order chi connectivity index (χ0) is 20.1. The summed E-state index contributed by atoms with van der Waals surface area (Å²) < 4.78 is 17.3. The van der Waals surface area contributed by atoms with Crippen molar-refractivity contribution in [1.82, 2.24) is 10.2 Å². The van der Waals surface area contributed by atoms with Crippen molar-refractivity contribution in [2.24, 2.45) is 0 Å². The molecule has 0 spiro atoms. The molecule has 2 aromatic carbocycles. The quantitative estimate of drug-likeness (QED) is 0.699. The third-order valence-electron chi connectivity index (χ3n) is 4.79. The molecule has 3 N–H and O–H groups in total. The summed E-state index contributed by atoms with van der Waals surface area (Å²) in [6.07, 6.45) is 0. The van der Waals surface area contributed by atoms with Gasteiger partial charge >= 0.3 is 0 Å². The fraction of sp³-hybridized carbons (Fsp3) is 0.350. The van der Waals surface area contributed by atoms with Gasteiger partial charge in [-0.2, -0.15) is 0 Å². The maximum Gasteiger partial charge on any atom is 0.255 e. The summed E-state index contributed by atoms with van der Waals surface area (Å²) in [5.41, 5.74) is 7.65. The summed E-state index contributed by atoms with van der Waals surface area (Å²) >= 11 is 6.06. The van der Waals surface area contributed by atoms with Crippen molar-refractivity contribution < 1.29 is 13.7 Å². The first-order chi connectivity index (χ1) is 13.5. The van der Waals surface area contributed by atoms with E-state index in [1.807, 2.05) is 18.2 Å². The molecule has 1 fully saturated rings. The van der Waals surface area contributed by atoms with Crippen molar-refractivity contribution in [3.8, 4) is 5.75 Å². The molecule has 0 aromatic heterocycles. The number of hydrogen-bond acceptors (Lipinski definition) is 5. The van der Waals surface area contributed by atoms with E-state index in [0.29, 0.717) is 40.1 Å². The van der Waals surface area contributed by atoms with E-state index in [1.165, 1.54) is 24.8 Å². The van der Waals surface area contributed by atoms with E-state index in [2.05, 4.69) is 22.3 Å². The van der Waals surface area contributed by atoms with Gasteiger partial charge in [0.1, 0.15) is 5.75 Å². The van der Waals surface area contributed by atoms with Crippen LogP contribution in [0, 0.1) is 0 Å². The van der Waals surface area contributed by atoms with Crippen LogP contribution in [0.1, 0.15) is 15.9 Å². The molecule has 0 aliphatic carbocycles. The van der Waals surface area contributed by atoms with E-state index in [9.17, 15) is 9.00 Å². The summed E-state index contributed by atoms with van der Waals surface area (Å²) in [7, 11) is 0.601. The minimum atomic E-state index is -0.876. The van der Waals surface area contributed by atoms with E-state index in [4.69, 9.17) is 22.1 Å². The van der Waals surface area contributed by atoms with Crippen LogP contribution in [0.25, 0.3) is 0 Å². The Hall–Kier alpha value is -2.09. The average Bonchev–Trinajstić information content (AvgIpc) is 2.70. The lowest BCUT2D eigenvalue weighted by Crippen LogP contribution is -2.51. The lowest BCUT2D eigenvalue weighted by atomic mass is 10.1. The Kier molecular flexibility index (Phi) is 6.93. The highest BCUT2D eigenvalue weighted by atomic mass is 35.5. The molecule has 2 unspecified atom stereocenters. The van der Waals surface area contributed by atoms with Gasteiger partial charge in [-0.3, -0.25) is 13.9 Å². The van der Waals surface area contributed by atoms with Crippen LogP contribution >= 0.6 is 11.6 Å². The van der Waals surface area contributed by atoms with Crippen LogP contribution < -0.4 is 15.8 Å². The van der Waals surface area contributed by atoms with Crippen LogP contribution in [-0.2, 0) is 17.3 Å². The lowest BCUT2D eigenvalue weighted by Gasteiger charge is -2.35. The van der Waals surface area contributed by atoms with Gasteiger partial charge < -0.3 is 15.8 Å². The molecule has 1 saturated heterocycles. The molecular formula is C20H24ClN3O3S. The van der Waals surface area contributed by atoms with Gasteiger partial charge in [0.15, 0.2) is 0 Å². The average molecular weight is 422 g/mol. The number of hydrogen-bond donors (Lipinski definition) is 2. The molecule has 1 aliphatic rings. The summed E-state index contributed by atoms with van der Waals surface area (Å²) in [6, 6.07) is 13.2. The number of ether oxygens (including phenoxy) is 1. The Morgan fingerprint density at radius 1 is 1.36 bits per heavy atom. The van der Waals surface area contributed by atoms with E-state index in [-0.39, 0.29) is 11.9 Å². The first-order valence-electron chi connectivity index (χ1n) is 9.02. The molecule has 2 atom stereocenters. The van der Waals surface area contributed by atoms with Crippen LogP contribution in [0.2, 0.25) is 5.02 Å². The van der Waals surface area contributed by atoms with Gasteiger partial charge in [0.05, 0.1) is 23.4 Å². The highest BCUT2D eigenvalue weighted by molar-refractivity contribution is 7.85. The van der Waals surface area contributed by atoms with Gasteiger partial charge in [-0.15, -0.1) is 0 Å². The molecule has 8 heteroatoms. The predicted molar refractivity (Wildman–Crippen MR) is 113 cm³/mol. The summed E-state index contributed by atoms with van der Waals surface area (Å²) in [4.78, 5) is 15.0. The van der Waals surface area contributed by atoms with Gasteiger partial charge in [0.25, 0.3) is 5.91 Å². The van der Waals surface area contributed by atoms with Crippen LogP contribution in [0.3, 0.4) is 0 Å². The fourth-order valence-corrected chi connectivity index (χ4v) is 4.77. The van der Waals surface area contributed by atoms with Crippen molar-refractivity contribution in [3.05, 3.63) is 58.6 Å². The normalized spacial score (nSPS) is 19.9. The molecule has 2 aromatic rings. The molecule has 0 radical (unpaired) electrons. The Morgan fingerprint density at radius 2 is 2.11 bits per heavy atom. The number of carbonyl (C=O) groups is 1. The minimum absolute atomic E-state index is 0.00557. The third kappa shape index (κ3) is 5.04. The predicted octanol–water partition coefficient (Wildman–Crippen LogP) is 2.29. The van der Waals surface area contributed by atoms with Gasteiger partial charge in [-0.05, 0) is 11.6 Å². The topological polar surface area (TPSA) is 84.7 Å². The second kappa shape index (κ2) is 9.41. The molecule has 1 amide bonds.